The summed E-state index contributed by atoms with van der Waals surface area (Å²) in [5.74, 6) is 0.563. The highest BCUT2D eigenvalue weighted by Gasteiger charge is 2.47. The molecule has 0 spiro atoms. The molecule has 2 heterocycles. The number of halogens is 7. The van der Waals surface area contributed by atoms with Crippen molar-refractivity contribution >= 4 is 25.7 Å². The van der Waals surface area contributed by atoms with E-state index >= 15 is 0 Å². The summed E-state index contributed by atoms with van der Waals surface area (Å²) in [6.45, 7) is 12.6. The van der Waals surface area contributed by atoms with Crippen LogP contribution in [-0.4, -0.2) is 52.2 Å². The van der Waals surface area contributed by atoms with Gasteiger partial charge in [-0.05, 0) is 52.0 Å². The lowest BCUT2D eigenvalue weighted by Crippen LogP contribution is -2.49. The normalized spacial score (nSPS) is 13.6. The molecule has 0 fully saturated rings. The molecule has 4 rings (SSSR count). The van der Waals surface area contributed by atoms with Gasteiger partial charge in [0.25, 0.3) is 0 Å². The first-order valence-corrected chi connectivity index (χ1v) is 18.0. The van der Waals surface area contributed by atoms with Crippen LogP contribution in [-0.2, 0) is 29.7 Å². The number of aromatic nitrogens is 6. The molecule has 0 N–H and O–H groups in total. The van der Waals surface area contributed by atoms with Crippen molar-refractivity contribution in [2.24, 2.45) is 0 Å². The van der Waals surface area contributed by atoms with Gasteiger partial charge >= 0.3 is 12.4 Å². The molecule has 0 aliphatic carbocycles. The molecule has 0 amide bonds. The van der Waals surface area contributed by atoms with Crippen LogP contribution in [0.3, 0.4) is 0 Å². The van der Waals surface area contributed by atoms with E-state index in [-0.39, 0.29) is 39.8 Å². The van der Waals surface area contributed by atoms with Crippen LogP contribution in [0.15, 0.2) is 48.8 Å². The van der Waals surface area contributed by atoms with Crippen molar-refractivity contribution in [2.75, 3.05) is 19.0 Å². The topological polar surface area (TPSA) is 73.9 Å². The quantitative estimate of drug-likeness (QED) is 0.108. The predicted molar refractivity (Wildman–Crippen MR) is 175 cm³/mol. The van der Waals surface area contributed by atoms with Crippen LogP contribution in [0, 0.1) is 0 Å². The molecule has 0 radical (unpaired) electrons. The van der Waals surface area contributed by atoms with Crippen LogP contribution < -0.4 is 4.90 Å². The fourth-order valence-electron chi connectivity index (χ4n) is 6.60. The third-order valence-electron chi connectivity index (χ3n) is 8.61. The van der Waals surface area contributed by atoms with Crippen molar-refractivity contribution in [3.05, 3.63) is 76.1 Å². The Balaban J connectivity index is 1.85. The second-order valence-electron chi connectivity index (χ2n) is 13.0. The van der Waals surface area contributed by atoms with Crippen LogP contribution in [0.1, 0.15) is 70.0 Å². The minimum atomic E-state index is -4.98. The molecule has 16 heteroatoms. The predicted octanol–water partition coefficient (Wildman–Crippen LogP) is 9.28. The molecular weight excluding hydrogens is 676 g/mol. The maximum Gasteiger partial charge on any atom is 0.416 e. The summed E-state index contributed by atoms with van der Waals surface area (Å²) >= 11 is 6.61. The van der Waals surface area contributed by atoms with Gasteiger partial charge in [-0.3, -0.25) is 4.57 Å². The van der Waals surface area contributed by atoms with Crippen LogP contribution in [0.4, 0.5) is 32.2 Å². The van der Waals surface area contributed by atoms with Gasteiger partial charge in [-0.1, -0.05) is 76.6 Å². The van der Waals surface area contributed by atoms with Crippen LogP contribution >= 0.6 is 11.6 Å². The van der Waals surface area contributed by atoms with Gasteiger partial charge in [-0.15, -0.1) is 15.3 Å². The maximum absolute atomic E-state index is 13.6. The zero-order chi connectivity index (χ0) is 35.8. The van der Waals surface area contributed by atoms with Crippen molar-refractivity contribution in [3.63, 3.8) is 0 Å². The Morgan fingerprint density at radius 1 is 0.854 bits per heavy atom. The highest BCUT2D eigenvalue weighted by Crippen LogP contribution is 2.46. The summed E-state index contributed by atoms with van der Waals surface area (Å²) < 4.78 is 91.8. The average Bonchev–Trinajstić information content (AvgIpc) is 3.62. The Morgan fingerprint density at radius 2 is 1.42 bits per heavy atom. The van der Waals surface area contributed by atoms with Crippen LogP contribution in [0.2, 0.25) is 21.6 Å². The highest BCUT2D eigenvalue weighted by molar-refractivity contribution is 6.77. The number of anilines is 1. The van der Waals surface area contributed by atoms with E-state index in [0.717, 1.165) is 5.56 Å². The lowest BCUT2D eigenvalue weighted by atomic mass is 10.0. The second-order valence-corrected chi connectivity index (χ2v) is 18.8. The second kappa shape index (κ2) is 14.2. The first-order chi connectivity index (χ1) is 22.3. The first kappa shape index (κ1) is 37.4. The third kappa shape index (κ3) is 7.73. The van der Waals surface area contributed by atoms with Crippen molar-refractivity contribution in [2.45, 2.75) is 89.7 Å². The van der Waals surface area contributed by atoms with Crippen molar-refractivity contribution in [3.8, 4) is 11.5 Å². The fourth-order valence-corrected chi connectivity index (χ4v) is 12.3. The van der Waals surface area contributed by atoms with Crippen molar-refractivity contribution in [1.82, 2.24) is 29.8 Å². The molecule has 0 saturated heterocycles. The zero-order valence-electron chi connectivity index (χ0n) is 28.0. The lowest BCUT2D eigenvalue weighted by Gasteiger charge is -2.45. The molecule has 0 aliphatic rings. The van der Waals surface area contributed by atoms with E-state index in [4.69, 9.17) is 16.0 Å². The number of benzene rings is 2. The minimum absolute atomic E-state index is 0.0968. The summed E-state index contributed by atoms with van der Waals surface area (Å²) in [5, 5.41) is 17.6. The highest BCUT2D eigenvalue weighted by atomic mass is 35.5. The van der Waals surface area contributed by atoms with E-state index in [1.165, 1.54) is 11.0 Å². The van der Waals surface area contributed by atoms with Gasteiger partial charge in [0.05, 0.1) is 17.7 Å². The molecule has 2 aromatic heterocycles. The first-order valence-electron chi connectivity index (χ1n) is 15.5. The summed E-state index contributed by atoms with van der Waals surface area (Å²) in [7, 11) is 0.811. The van der Waals surface area contributed by atoms with Gasteiger partial charge in [-0.2, -0.15) is 26.3 Å². The summed E-state index contributed by atoms with van der Waals surface area (Å²) in [4.78, 5) is 1.62. The number of rotatable bonds is 12. The molecule has 2 aromatic carbocycles. The van der Waals surface area contributed by atoms with Crippen molar-refractivity contribution < 1.29 is 30.8 Å². The smallest absolute Gasteiger partial charge is 0.396 e. The Kier molecular flexibility index (Phi) is 11.1. The van der Waals surface area contributed by atoms with E-state index in [1.54, 1.807) is 29.6 Å². The van der Waals surface area contributed by atoms with Gasteiger partial charge in [0.1, 0.15) is 12.6 Å². The number of alkyl halides is 6. The monoisotopic (exact) mass is 715 g/mol. The van der Waals surface area contributed by atoms with Crippen molar-refractivity contribution in [1.29, 1.82) is 0 Å². The van der Waals surface area contributed by atoms with E-state index in [9.17, 15) is 26.3 Å². The Bertz CT molecular complexity index is 1650. The van der Waals surface area contributed by atoms with Gasteiger partial charge in [0.15, 0.2) is 17.3 Å². The molecule has 0 saturated carbocycles. The van der Waals surface area contributed by atoms with E-state index in [2.05, 4.69) is 62.1 Å². The molecule has 0 bridgehead atoms. The summed E-state index contributed by atoms with van der Waals surface area (Å²) in [5.41, 5.74) is -1.31. The van der Waals surface area contributed by atoms with Gasteiger partial charge in [0, 0.05) is 25.5 Å². The molecule has 0 aliphatic heterocycles. The van der Waals surface area contributed by atoms with Crippen LogP contribution in [0.5, 0.6) is 0 Å². The molecule has 1 unspecified atom stereocenters. The number of nitrogens with zero attached hydrogens (tertiary/aromatic N) is 7. The lowest BCUT2D eigenvalue weighted by molar-refractivity contribution is -0.143. The Morgan fingerprint density at radius 3 is 1.92 bits per heavy atom. The molecular formula is C32H40ClF6N7OSi. The summed E-state index contributed by atoms with van der Waals surface area (Å²) in [6.07, 6.45) is -8.71. The standard InChI is InChI=1S/C32H40ClF6N7OSi/c1-19(2)48(20(3)4,21(5)6)47-27(15-23-11-9-10-12-26(23)33)45-18-40-42-29(45)28-30(44(7)8)46(43-41-28)17-22-13-24(31(34,35)36)16-25(14-22)32(37,38)39/h9-14,16,18-21,27H,15,17H2,1-8H3. The summed E-state index contributed by atoms with van der Waals surface area (Å²) in [6, 6.07) is 8.90. The van der Waals surface area contributed by atoms with Gasteiger partial charge in [-0.25, -0.2) is 4.68 Å². The van der Waals surface area contributed by atoms with Gasteiger partial charge in [0.2, 0.25) is 8.32 Å². The largest absolute Gasteiger partial charge is 0.416 e. The molecule has 262 valence electrons. The zero-order valence-corrected chi connectivity index (χ0v) is 29.8. The fraction of sp³-hybridized carbons (Fsp3) is 0.500. The molecule has 48 heavy (non-hydrogen) atoms. The third-order valence-corrected chi connectivity index (χ3v) is 15.1. The SMILES string of the molecule is CC(C)[Si](OC(Cc1ccccc1Cl)n1cnnc1-c1nnn(Cc2cc(C(F)(F)F)cc(C(F)(F)F)c2)c1N(C)C)(C(C)C)C(C)C. The Hall–Kier alpha value is -3.43. The average molecular weight is 716 g/mol. The van der Waals surface area contributed by atoms with Gasteiger partial charge < -0.3 is 9.33 Å². The number of hydrogen-bond donors (Lipinski definition) is 0. The maximum atomic E-state index is 13.6. The minimum Gasteiger partial charge on any atom is -0.396 e. The number of hydrogen-bond acceptors (Lipinski definition) is 6. The van der Waals surface area contributed by atoms with E-state index in [1.807, 2.05) is 18.2 Å². The Labute approximate surface area is 282 Å². The van der Waals surface area contributed by atoms with E-state index < -0.39 is 44.6 Å². The molecule has 4 aromatic rings. The molecule has 1 atom stereocenters. The molecule has 8 nitrogen and oxygen atoms in total. The van der Waals surface area contributed by atoms with Crippen LogP contribution in [0.25, 0.3) is 11.5 Å². The van der Waals surface area contributed by atoms with E-state index in [0.29, 0.717) is 29.4 Å².